The highest BCUT2D eigenvalue weighted by Crippen LogP contribution is 2.13. The Morgan fingerprint density at radius 2 is 1.24 bits per heavy atom. The molecule has 0 radical (unpaired) electrons. The van der Waals surface area contributed by atoms with E-state index in [1.165, 1.54) is 0 Å². The van der Waals surface area contributed by atoms with E-state index in [4.69, 9.17) is 15.9 Å². The molecule has 0 aromatic rings. The van der Waals surface area contributed by atoms with E-state index in [2.05, 4.69) is 16.0 Å². The van der Waals surface area contributed by atoms with Crippen molar-refractivity contribution in [3.63, 3.8) is 0 Å². The number of amides is 3. The van der Waals surface area contributed by atoms with Crippen LogP contribution in [-0.4, -0.2) is 75.1 Å². The zero-order chi connectivity index (χ0) is 26.6. The van der Waals surface area contributed by atoms with Crippen LogP contribution in [0.4, 0.5) is 0 Å². The first-order chi connectivity index (χ1) is 15.7. The van der Waals surface area contributed by atoms with E-state index in [1.807, 2.05) is 0 Å². The molecule has 34 heavy (non-hydrogen) atoms. The van der Waals surface area contributed by atoms with E-state index in [0.29, 0.717) is 12.8 Å². The van der Waals surface area contributed by atoms with Crippen LogP contribution in [-0.2, 0) is 28.8 Å². The number of hydrogen-bond donors (Lipinski definition) is 7. The maximum absolute atomic E-state index is 12.9. The number of carbonyl (C=O) groups is 6. The molecule has 0 bridgehead atoms. The minimum absolute atomic E-state index is 0.229. The van der Waals surface area contributed by atoms with Crippen LogP contribution in [0.2, 0.25) is 0 Å². The zero-order valence-corrected chi connectivity index (χ0v) is 19.9. The minimum Gasteiger partial charge on any atom is -0.481 e. The van der Waals surface area contributed by atoms with Gasteiger partial charge in [-0.15, -0.1) is 0 Å². The number of aliphatic carboxylic acids is 3. The average molecular weight is 489 g/mol. The molecule has 6 atom stereocenters. The number of rotatable bonds is 16. The fourth-order valence-corrected chi connectivity index (χ4v) is 2.95. The predicted molar refractivity (Wildman–Crippen MR) is 119 cm³/mol. The number of nitrogens with one attached hydrogen (secondary N) is 3. The molecule has 13 nitrogen and oxygen atoms in total. The van der Waals surface area contributed by atoms with Gasteiger partial charge in [0.25, 0.3) is 0 Å². The van der Waals surface area contributed by atoms with Crippen molar-refractivity contribution in [1.82, 2.24) is 16.0 Å². The highest BCUT2D eigenvalue weighted by Gasteiger charge is 2.34. The SMILES string of the molecule is CCC(C)C(NC(=O)C(NC(=O)C(CC(=O)O)NC(=O)C(N)CCC(=O)O)C(C)CC)C(=O)O. The second-order valence-corrected chi connectivity index (χ2v) is 8.28. The smallest absolute Gasteiger partial charge is 0.326 e. The molecule has 6 unspecified atom stereocenters. The molecule has 13 heteroatoms. The first kappa shape index (κ1) is 30.8. The molecule has 8 N–H and O–H groups in total. The predicted octanol–water partition coefficient (Wildman–Crippen LogP) is -0.716. The van der Waals surface area contributed by atoms with Crippen LogP contribution in [0, 0.1) is 11.8 Å². The first-order valence-electron chi connectivity index (χ1n) is 11.1. The Morgan fingerprint density at radius 1 is 0.735 bits per heavy atom. The van der Waals surface area contributed by atoms with Crippen LogP contribution in [0.1, 0.15) is 59.8 Å². The summed E-state index contributed by atoms with van der Waals surface area (Å²) < 4.78 is 0. The maximum Gasteiger partial charge on any atom is 0.326 e. The van der Waals surface area contributed by atoms with Crippen molar-refractivity contribution in [1.29, 1.82) is 0 Å². The van der Waals surface area contributed by atoms with Gasteiger partial charge in [-0.2, -0.15) is 0 Å². The quantitative estimate of drug-likeness (QED) is 0.144. The Bertz CT molecular complexity index is 759. The molecule has 0 spiro atoms. The van der Waals surface area contributed by atoms with Gasteiger partial charge in [-0.05, 0) is 18.3 Å². The molecule has 194 valence electrons. The third kappa shape index (κ3) is 10.6. The molecule has 0 rings (SSSR count). The lowest BCUT2D eigenvalue weighted by Gasteiger charge is -2.29. The molecule has 0 aliphatic heterocycles. The summed E-state index contributed by atoms with van der Waals surface area (Å²) in [5.41, 5.74) is 5.61. The largest absolute Gasteiger partial charge is 0.481 e. The van der Waals surface area contributed by atoms with Gasteiger partial charge in [0, 0.05) is 6.42 Å². The average Bonchev–Trinajstić information content (AvgIpc) is 2.76. The number of carboxylic acids is 3. The number of carboxylic acid groups (broad SMARTS) is 3. The highest BCUT2D eigenvalue weighted by atomic mass is 16.4. The summed E-state index contributed by atoms with van der Waals surface area (Å²) in [6.45, 7) is 6.82. The summed E-state index contributed by atoms with van der Waals surface area (Å²) >= 11 is 0. The molecule has 0 aromatic heterocycles. The summed E-state index contributed by atoms with van der Waals surface area (Å²) in [6, 6.07) is -5.27. The molecule has 0 aliphatic carbocycles. The standard InChI is InChI=1S/C21H36N4O9/c1-5-10(3)16(20(32)25-17(21(33)34)11(4)6-2)24-19(31)13(9-15(28)29)23-18(30)12(22)7-8-14(26)27/h10-13,16-17H,5-9,22H2,1-4H3,(H,23,30)(H,24,31)(H,25,32)(H,26,27)(H,28,29)(H,33,34). The van der Waals surface area contributed by atoms with Gasteiger partial charge in [0.2, 0.25) is 17.7 Å². The molecule has 0 aromatic carbocycles. The van der Waals surface area contributed by atoms with Gasteiger partial charge in [-0.3, -0.25) is 24.0 Å². The lowest BCUT2D eigenvalue weighted by molar-refractivity contribution is -0.144. The fraction of sp³-hybridized carbons (Fsp3) is 0.714. The van der Waals surface area contributed by atoms with Gasteiger partial charge in [0.05, 0.1) is 12.5 Å². The number of hydrogen-bond acceptors (Lipinski definition) is 7. The van der Waals surface area contributed by atoms with Gasteiger partial charge in [0.15, 0.2) is 0 Å². The molecule has 0 saturated carbocycles. The molecule has 0 heterocycles. The lowest BCUT2D eigenvalue weighted by atomic mass is 9.95. The van der Waals surface area contributed by atoms with Gasteiger partial charge in [-0.25, -0.2) is 4.79 Å². The van der Waals surface area contributed by atoms with Crippen molar-refractivity contribution < 1.29 is 44.1 Å². The van der Waals surface area contributed by atoms with Crippen molar-refractivity contribution in [3.05, 3.63) is 0 Å². The normalized spacial score (nSPS) is 16.1. The van der Waals surface area contributed by atoms with Crippen molar-refractivity contribution in [2.75, 3.05) is 0 Å². The lowest BCUT2D eigenvalue weighted by Crippen LogP contribution is -2.59. The second-order valence-electron chi connectivity index (χ2n) is 8.28. The van der Waals surface area contributed by atoms with Crippen LogP contribution in [0.25, 0.3) is 0 Å². The minimum atomic E-state index is -1.59. The zero-order valence-electron chi connectivity index (χ0n) is 19.9. The summed E-state index contributed by atoms with van der Waals surface area (Å²) in [4.78, 5) is 71.4. The van der Waals surface area contributed by atoms with E-state index in [0.717, 1.165) is 0 Å². The van der Waals surface area contributed by atoms with Crippen molar-refractivity contribution in [2.45, 2.75) is 84.0 Å². The number of nitrogens with two attached hydrogens (primary N) is 1. The Kier molecular flexibility index (Phi) is 13.4. The molecule has 3 amide bonds. The van der Waals surface area contributed by atoms with Crippen molar-refractivity contribution in [2.24, 2.45) is 17.6 Å². The van der Waals surface area contributed by atoms with E-state index in [1.54, 1.807) is 27.7 Å². The van der Waals surface area contributed by atoms with Crippen molar-refractivity contribution in [3.8, 4) is 0 Å². The first-order valence-corrected chi connectivity index (χ1v) is 11.1. The molecular formula is C21H36N4O9. The maximum atomic E-state index is 12.9. The van der Waals surface area contributed by atoms with E-state index in [9.17, 15) is 33.9 Å². The Hall–Kier alpha value is -3.22. The summed E-state index contributed by atoms with van der Waals surface area (Å²) in [6.07, 6.45) is -0.543. The Morgan fingerprint density at radius 3 is 1.68 bits per heavy atom. The Balaban J connectivity index is 5.59. The van der Waals surface area contributed by atoms with Gasteiger partial charge < -0.3 is 37.0 Å². The van der Waals surface area contributed by atoms with Crippen LogP contribution < -0.4 is 21.7 Å². The van der Waals surface area contributed by atoms with Gasteiger partial charge in [-0.1, -0.05) is 40.5 Å². The summed E-state index contributed by atoms with van der Waals surface area (Å²) in [7, 11) is 0. The third-order valence-electron chi connectivity index (χ3n) is 5.59. The highest BCUT2D eigenvalue weighted by molar-refractivity contribution is 5.95. The van der Waals surface area contributed by atoms with E-state index >= 15 is 0 Å². The summed E-state index contributed by atoms with van der Waals surface area (Å²) in [5.74, 6) is -7.31. The van der Waals surface area contributed by atoms with E-state index < -0.39 is 78.6 Å². The second kappa shape index (κ2) is 14.8. The number of carbonyl (C=O) groups excluding carboxylic acids is 3. The monoisotopic (exact) mass is 488 g/mol. The van der Waals surface area contributed by atoms with Crippen LogP contribution in [0.5, 0.6) is 0 Å². The topological polar surface area (TPSA) is 225 Å². The van der Waals surface area contributed by atoms with Crippen LogP contribution in [0.3, 0.4) is 0 Å². The van der Waals surface area contributed by atoms with Gasteiger partial charge in [0.1, 0.15) is 18.1 Å². The third-order valence-corrected chi connectivity index (χ3v) is 5.59. The van der Waals surface area contributed by atoms with Crippen LogP contribution in [0.15, 0.2) is 0 Å². The molecule has 0 aliphatic rings. The summed E-state index contributed by atoms with van der Waals surface area (Å²) in [5, 5.41) is 34.3. The van der Waals surface area contributed by atoms with E-state index in [-0.39, 0.29) is 12.3 Å². The molecule has 0 fully saturated rings. The van der Waals surface area contributed by atoms with Gasteiger partial charge >= 0.3 is 17.9 Å². The van der Waals surface area contributed by atoms with Crippen molar-refractivity contribution >= 4 is 35.6 Å². The van der Waals surface area contributed by atoms with Crippen LogP contribution >= 0.6 is 0 Å². The Labute approximate surface area is 197 Å². The molecule has 0 saturated heterocycles. The molecular weight excluding hydrogens is 452 g/mol. The fourth-order valence-electron chi connectivity index (χ4n) is 2.95.